The Morgan fingerprint density at radius 3 is 1.69 bits per heavy atom. The summed E-state index contributed by atoms with van der Waals surface area (Å²) in [6.07, 6.45) is 0. The first-order valence-corrected chi connectivity index (χ1v) is 16.8. The van der Waals surface area contributed by atoms with Gasteiger partial charge in [-0.2, -0.15) is 0 Å². The molecule has 2 aliphatic rings. The number of fused-ring (bicyclic) bond motifs is 4. The minimum atomic E-state index is -0.380. The van der Waals surface area contributed by atoms with Crippen molar-refractivity contribution in [2.45, 2.75) is 5.41 Å². The maximum atomic E-state index is 2.49. The van der Waals surface area contributed by atoms with E-state index in [4.69, 9.17) is 0 Å². The van der Waals surface area contributed by atoms with Crippen LogP contribution in [0.4, 0.5) is 0 Å². The molecule has 1 heteroatoms. The molecule has 9 aromatic rings. The van der Waals surface area contributed by atoms with Gasteiger partial charge in [-0.25, -0.2) is 0 Å². The van der Waals surface area contributed by atoms with Crippen LogP contribution in [-0.4, -0.2) is 4.57 Å². The third kappa shape index (κ3) is 3.21. The zero-order chi connectivity index (χ0) is 31.4. The van der Waals surface area contributed by atoms with Crippen molar-refractivity contribution in [3.05, 3.63) is 198 Å². The maximum Gasteiger partial charge on any atom is 0.0726 e. The molecule has 8 aromatic carbocycles. The molecule has 0 spiro atoms. The summed E-state index contributed by atoms with van der Waals surface area (Å²) in [7, 11) is 0. The number of nitrogens with zero attached hydrogens (tertiary/aromatic N) is 1. The molecule has 2 aliphatic carbocycles. The Morgan fingerprint density at radius 2 is 0.938 bits per heavy atom. The van der Waals surface area contributed by atoms with E-state index in [0.717, 1.165) is 0 Å². The average molecular weight is 608 g/mol. The first kappa shape index (κ1) is 25.9. The molecule has 0 amide bonds. The van der Waals surface area contributed by atoms with E-state index in [2.05, 4.69) is 180 Å². The molecule has 11 rings (SSSR count). The first-order valence-electron chi connectivity index (χ1n) is 16.8. The quantitative estimate of drug-likeness (QED) is 0.188. The number of rotatable bonds is 4. The molecule has 0 saturated carbocycles. The van der Waals surface area contributed by atoms with Crippen LogP contribution < -0.4 is 0 Å². The molecule has 1 unspecified atom stereocenters. The van der Waals surface area contributed by atoms with Crippen LogP contribution in [0.15, 0.2) is 176 Å². The molecule has 0 fully saturated rings. The Kier molecular flexibility index (Phi) is 5.10. The van der Waals surface area contributed by atoms with E-state index in [-0.39, 0.29) is 5.41 Å². The van der Waals surface area contributed by atoms with Gasteiger partial charge in [-0.3, -0.25) is 0 Å². The molecule has 0 aliphatic heterocycles. The summed E-state index contributed by atoms with van der Waals surface area (Å²) in [5.74, 6) is 0. The molecular weight excluding hydrogens is 579 g/mol. The summed E-state index contributed by atoms with van der Waals surface area (Å²) in [5, 5.41) is 5.42. The van der Waals surface area contributed by atoms with Crippen molar-refractivity contribution in [3.8, 4) is 39.1 Å². The number of hydrogen-bond acceptors (Lipinski definition) is 0. The lowest BCUT2D eigenvalue weighted by Crippen LogP contribution is -2.30. The summed E-state index contributed by atoms with van der Waals surface area (Å²) < 4.78 is 2.49. The molecule has 0 radical (unpaired) electrons. The predicted molar refractivity (Wildman–Crippen MR) is 200 cm³/mol. The van der Waals surface area contributed by atoms with Crippen LogP contribution in [0, 0.1) is 0 Å². The molecular formula is C47H29N. The second kappa shape index (κ2) is 9.44. The van der Waals surface area contributed by atoms with Gasteiger partial charge in [0.15, 0.2) is 0 Å². The second-order valence-corrected chi connectivity index (χ2v) is 13.2. The van der Waals surface area contributed by atoms with E-state index >= 15 is 0 Å². The SMILES string of the molecule is c1ccc(-c2ccc(-c3ccc(-n4c5ccc6c7c5c5c8c(cccc8ccc54)C7(c4ccccc4)c4ccccc4-6)cc3)cc2)cc1. The highest BCUT2D eigenvalue weighted by Crippen LogP contribution is 2.63. The molecule has 222 valence electrons. The first-order chi connectivity index (χ1) is 23.8. The van der Waals surface area contributed by atoms with Crippen LogP contribution in [0.3, 0.4) is 0 Å². The fraction of sp³-hybridized carbons (Fsp3) is 0.0213. The minimum absolute atomic E-state index is 0.380. The lowest BCUT2D eigenvalue weighted by atomic mass is 9.63. The van der Waals surface area contributed by atoms with E-state index in [1.54, 1.807) is 0 Å². The maximum absolute atomic E-state index is 2.49. The van der Waals surface area contributed by atoms with E-state index in [1.807, 2.05) is 0 Å². The van der Waals surface area contributed by atoms with Gasteiger partial charge < -0.3 is 4.57 Å². The summed E-state index contributed by atoms with van der Waals surface area (Å²) in [6, 6.07) is 65.2. The van der Waals surface area contributed by atoms with Gasteiger partial charge in [0.05, 0.1) is 16.4 Å². The van der Waals surface area contributed by atoms with Crippen molar-refractivity contribution >= 4 is 32.6 Å². The van der Waals surface area contributed by atoms with Crippen LogP contribution in [-0.2, 0) is 5.41 Å². The second-order valence-electron chi connectivity index (χ2n) is 13.2. The average Bonchev–Trinajstić information content (AvgIpc) is 3.67. The summed E-state index contributed by atoms with van der Waals surface area (Å²) >= 11 is 0. The Hall–Kier alpha value is -6.18. The van der Waals surface area contributed by atoms with Gasteiger partial charge in [0, 0.05) is 16.5 Å². The predicted octanol–water partition coefficient (Wildman–Crippen LogP) is 11.9. The molecule has 48 heavy (non-hydrogen) atoms. The minimum Gasteiger partial charge on any atom is -0.309 e. The van der Waals surface area contributed by atoms with Crippen molar-refractivity contribution in [3.63, 3.8) is 0 Å². The van der Waals surface area contributed by atoms with Gasteiger partial charge in [0.2, 0.25) is 0 Å². The summed E-state index contributed by atoms with van der Waals surface area (Å²) in [5.41, 5.74) is 16.4. The Balaban J connectivity index is 1.16. The van der Waals surface area contributed by atoms with Gasteiger partial charge in [-0.05, 0) is 90.7 Å². The van der Waals surface area contributed by atoms with Crippen LogP contribution in [0.5, 0.6) is 0 Å². The van der Waals surface area contributed by atoms with Crippen LogP contribution in [0.2, 0.25) is 0 Å². The van der Waals surface area contributed by atoms with Gasteiger partial charge >= 0.3 is 0 Å². The Morgan fingerprint density at radius 1 is 0.354 bits per heavy atom. The van der Waals surface area contributed by atoms with Gasteiger partial charge in [0.1, 0.15) is 0 Å². The largest absolute Gasteiger partial charge is 0.309 e. The molecule has 1 nitrogen and oxygen atoms in total. The van der Waals surface area contributed by atoms with E-state index in [0.29, 0.717) is 0 Å². The number of benzene rings is 8. The molecule has 0 bridgehead atoms. The Bertz CT molecular complexity index is 2730. The van der Waals surface area contributed by atoms with Gasteiger partial charge in [-0.15, -0.1) is 0 Å². The van der Waals surface area contributed by atoms with Crippen molar-refractivity contribution in [1.29, 1.82) is 0 Å². The highest BCUT2D eigenvalue weighted by Gasteiger charge is 2.50. The fourth-order valence-electron chi connectivity index (χ4n) is 9.06. The van der Waals surface area contributed by atoms with E-state index < -0.39 is 0 Å². The zero-order valence-electron chi connectivity index (χ0n) is 26.2. The van der Waals surface area contributed by atoms with Crippen LogP contribution >= 0.6 is 0 Å². The molecule has 0 N–H and O–H groups in total. The summed E-state index contributed by atoms with van der Waals surface area (Å²) in [4.78, 5) is 0. The van der Waals surface area contributed by atoms with E-state index in [9.17, 15) is 0 Å². The number of aromatic nitrogens is 1. The monoisotopic (exact) mass is 607 g/mol. The molecule has 1 atom stereocenters. The highest BCUT2D eigenvalue weighted by molar-refractivity contribution is 6.27. The molecule has 0 saturated heterocycles. The third-order valence-electron chi connectivity index (χ3n) is 11.0. The van der Waals surface area contributed by atoms with Crippen molar-refractivity contribution < 1.29 is 0 Å². The molecule has 1 aromatic heterocycles. The lowest BCUT2D eigenvalue weighted by Gasteiger charge is -2.37. The smallest absolute Gasteiger partial charge is 0.0726 e. The van der Waals surface area contributed by atoms with Crippen molar-refractivity contribution in [2.75, 3.05) is 0 Å². The normalized spacial score (nSPS) is 15.6. The zero-order valence-corrected chi connectivity index (χ0v) is 26.2. The van der Waals surface area contributed by atoms with Crippen LogP contribution in [0.25, 0.3) is 71.6 Å². The number of hydrogen-bond donors (Lipinski definition) is 0. The van der Waals surface area contributed by atoms with E-state index in [1.165, 1.54) is 93.9 Å². The van der Waals surface area contributed by atoms with Crippen LogP contribution in [0.1, 0.15) is 22.3 Å². The van der Waals surface area contributed by atoms with Gasteiger partial charge in [-0.1, -0.05) is 152 Å². The third-order valence-corrected chi connectivity index (χ3v) is 11.0. The summed E-state index contributed by atoms with van der Waals surface area (Å²) in [6.45, 7) is 0. The van der Waals surface area contributed by atoms with Crippen molar-refractivity contribution in [2.24, 2.45) is 0 Å². The lowest BCUT2D eigenvalue weighted by molar-refractivity contribution is 0.782. The highest BCUT2D eigenvalue weighted by atomic mass is 15.0. The standard InChI is InChI=1S/C47H29N/c1-3-10-30(11-4-1)31-18-20-32(21-19-31)33-22-25-36(26-23-33)48-41-28-24-34-12-9-17-40-43(34)44(41)45-42(48)29-27-38-37-15-7-8-16-39(37)47(40,46(38)45)35-13-5-2-6-14-35/h1-29H. The topological polar surface area (TPSA) is 4.93 Å². The fourth-order valence-corrected chi connectivity index (χ4v) is 9.06. The Labute approximate surface area is 279 Å². The molecule has 1 heterocycles. The van der Waals surface area contributed by atoms with Crippen molar-refractivity contribution in [1.82, 2.24) is 4.57 Å². The van der Waals surface area contributed by atoms with Gasteiger partial charge in [0.25, 0.3) is 0 Å².